The molecule has 2 amide bonds. The predicted molar refractivity (Wildman–Crippen MR) is 138 cm³/mol. The van der Waals surface area contributed by atoms with Gasteiger partial charge in [-0.05, 0) is 75.6 Å². The summed E-state index contributed by atoms with van der Waals surface area (Å²) in [5.74, 6) is -0.177. The average molecular weight is 504 g/mol. The third-order valence-corrected chi connectivity index (χ3v) is 6.87. The van der Waals surface area contributed by atoms with Gasteiger partial charge in [0.25, 0.3) is 11.1 Å². The minimum Gasteiger partial charge on any atom is -0.489 e. The Balaban J connectivity index is 1.24. The molecule has 0 N–H and O–H groups in total. The minimum atomic E-state index is -0.475. The van der Waals surface area contributed by atoms with E-state index in [9.17, 15) is 14.0 Å². The first-order valence-corrected chi connectivity index (χ1v) is 12.1. The maximum atomic E-state index is 13.3. The van der Waals surface area contributed by atoms with E-state index in [0.717, 1.165) is 33.9 Å². The molecule has 0 unspecified atom stereocenters. The Morgan fingerprint density at radius 2 is 1.69 bits per heavy atom. The summed E-state index contributed by atoms with van der Waals surface area (Å²) in [6.45, 7) is 0.428. The van der Waals surface area contributed by atoms with Crippen LogP contribution in [0.25, 0.3) is 16.8 Å². The SMILES string of the molecule is O=C1S/C(=C\c2ccc(OCc3ccc4ccccc4c3)cc2)C(=O)N1Cc1ccc(F)cc1Cl. The highest BCUT2D eigenvalue weighted by molar-refractivity contribution is 8.18. The number of amides is 2. The van der Waals surface area contributed by atoms with E-state index in [1.807, 2.05) is 42.5 Å². The standard InChI is InChI=1S/C28H19ClFNO3S/c29-25-15-23(30)10-9-22(25)16-31-27(32)26(35-28(31)33)14-18-6-11-24(12-7-18)34-17-19-5-8-20-3-1-2-4-21(20)13-19/h1-15H,16-17H2/b26-14-. The number of hydrogen-bond donors (Lipinski definition) is 0. The van der Waals surface area contributed by atoms with Gasteiger partial charge in [-0.2, -0.15) is 0 Å². The third-order valence-electron chi connectivity index (χ3n) is 5.61. The van der Waals surface area contributed by atoms with Gasteiger partial charge in [0, 0.05) is 5.02 Å². The molecule has 0 radical (unpaired) electrons. The molecule has 4 nitrogen and oxygen atoms in total. The van der Waals surface area contributed by atoms with Crippen LogP contribution in [-0.4, -0.2) is 16.0 Å². The lowest BCUT2D eigenvalue weighted by Gasteiger charge is -2.13. The lowest BCUT2D eigenvalue weighted by molar-refractivity contribution is -0.123. The fraction of sp³-hybridized carbons (Fsp3) is 0.0714. The average Bonchev–Trinajstić information content (AvgIpc) is 3.12. The molecular formula is C28H19ClFNO3S. The summed E-state index contributed by atoms with van der Waals surface area (Å²) in [5, 5.41) is 2.13. The Bertz CT molecular complexity index is 1470. The summed E-state index contributed by atoms with van der Waals surface area (Å²) >= 11 is 6.92. The molecule has 4 aromatic carbocycles. The molecule has 4 aromatic rings. The highest BCUT2D eigenvalue weighted by Crippen LogP contribution is 2.34. The number of carbonyl (C=O) groups excluding carboxylic acids is 2. The molecule has 1 aliphatic rings. The van der Waals surface area contributed by atoms with Crippen molar-refractivity contribution in [3.8, 4) is 5.75 Å². The fourth-order valence-corrected chi connectivity index (χ4v) is 4.83. The van der Waals surface area contributed by atoms with Crippen LogP contribution in [0.3, 0.4) is 0 Å². The molecule has 1 heterocycles. The van der Waals surface area contributed by atoms with Gasteiger partial charge < -0.3 is 4.74 Å². The molecule has 0 aliphatic carbocycles. The second kappa shape index (κ2) is 9.94. The van der Waals surface area contributed by atoms with Crippen LogP contribution in [0.4, 0.5) is 9.18 Å². The summed E-state index contributed by atoms with van der Waals surface area (Å²) in [4.78, 5) is 26.6. The number of fused-ring (bicyclic) bond motifs is 1. The molecule has 0 bridgehead atoms. The van der Waals surface area contributed by atoms with E-state index in [1.54, 1.807) is 6.08 Å². The number of ether oxygens (including phenoxy) is 1. The normalized spacial score (nSPS) is 14.8. The number of hydrogen-bond acceptors (Lipinski definition) is 4. The Morgan fingerprint density at radius 1 is 0.914 bits per heavy atom. The van der Waals surface area contributed by atoms with E-state index in [2.05, 4.69) is 24.3 Å². The predicted octanol–water partition coefficient (Wildman–Crippen LogP) is 7.45. The van der Waals surface area contributed by atoms with Gasteiger partial charge in [-0.3, -0.25) is 14.5 Å². The van der Waals surface area contributed by atoms with Crippen LogP contribution >= 0.6 is 23.4 Å². The van der Waals surface area contributed by atoms with Gasteiger partial charge >= 0.3 is 0 Å². The highest BCUT2D eigenvalue weighted by Gasteiger charge is 2.35. The molecule has 1 aliphatic heterocycles. The van der Waals surface area contributed by atoms with E-state index in [4.69, 9.17) is 16.3 Å². The van der Waals surface area contributed by atoms with Gasteiger partial charge in [0.05, 0.1) is 11.4 Å². The number of carbonyl (C=O) groups is 2. The van der Waals surface area contributed by atoms with Crippen molar-refractivity contribution >= 4 is 51.4 Å². The van der Waals surface area contributed by atoms with Crippen molar-refractivity contribution in [2.24, 2.45) is 0 Å². The number of benzene rings is 4. The van der Waals surface area contributed by atoms with Crippen molar-refractivity contribution in [2.75, 3.05) is 0 Å². The van der Waals surface area contributed by atoms with Crippen molar-refractivity contribution in [3.05, 3.63) is 117 Å². The van der Waals surface area contributed by atoms with Gasteiger partial charge in [-0.15, -0.1) is 0 Å². The Morgan fingerprint density at radius 3 is 2.46 bits per heavy atom. The van der Waals surface area contributed by atoms with Gasteiger partial charge in [-0.25, -0.2) is 4.39 Å². The summed E-state index contributed by atoms with van der Waals surface area (Å²) in [5.41, 5.74) is 2.35. The van der Waals surface area contributed by atoms with Crippen LogP contribution in [-0.2, 0) is 17.9 Å². The van der Waals surface area contributed by atoms with Crippen molar-refractivity contribution < 1.29 is 18.7 Å². The summed E-state index contributed by atoms with van der Waals surface area (Å²) in [6, 6.07) is 25.6. The fourth-order valence-electron chi connectivity index (χ4n) is 3.76. The molecule has 0 aromatic heterocycles. The molecule has 1 fully saturated rings. The maximum absolute atomic E-state index is 13.3. The highest BCUT2D eigenvalue weighted by atomic mass is 35.5. The van der Waals surface area contributed by atoms with Crippen LogP contribution in [0.1, 0.15) is 16.7 Å². The van der Waals surface area contributed by atoms with E-state index in [0.29, 0.717) is 22.8 Å². The summed E-state index contributed by atoms with van der Waals surface area (Å²) < 4.78 is 19.2. The second-order valence-electron chi connectivity index (χ2n) is 8.04. The molecule has 0 saturated carbocycles. The molecule has 174 valence electrons. The second-order valence-corrected chi connectivity index (χ2v) is 9.44. The molecular weight excluding hydrogens is 485 g/mol. The van der Waals surface area contributed by atoms with Crippen molar-refractivity contribution in [1.82, 2.24) is 4.90 Å². The van der Waals surface area contributed by atoms with Crippen LogP contribution in [0.5, 0.6) is 5.75 Å². The molecule has 0 spiro atoms. The van der Waals surface area contributed by atoms with Crippen molar-refractivity contribution in [1.29, 1.82) is 0 Å². The monoisotopic (exact) mass is 503 g/mol. The largest absolute Gasteiger partial charge is 0.489 e. The third kappa shape index (κ3) is 5.24. The van der Waals surface area contributed by atoms with Crippen LogP contribution in [0.15, 0.2) is 89.8 Å². The van der Waals surface area contributed by atoms with Crippen molar-refractivity contribution in [2.45, 2.75) is 13.2 Å². The van der Waals surface area contributed by atoms with Gasteiger partial charge in [0.1, 0.15) is 18.2 Å². The summed E-state index contributed by atoms with van der Waals surface area (Å²) in [6.07, 6.45) is 1.67. The first-order valence-electron chi connectivity index (χ1n) is 10.9. The lowest BCUT2D eigenvalue weighted by atomic mass is 10.1. The lowest BCUT2D eigenvalue weighted by Crippen LogP contribution is -2.27. The van der Waals surface area contributed by atoms with Gasteiger partial charge in [-0.1, -0.05) is 66.2 Å². The number of rotatable bonds is 6. The van der Waals surface area contributed by atoms with Crippen LogP contribution in [0.2, 0.25) is 5.02 Å². The molecule has 1 saturated heterocycles. The Hall–Kier alpha value is -3.61. The zero-order valence-electron chi connectivity index (χ0n) is 18.4. The minimum absolute atomic E-state index is 0.0112. The smallest absolute Gasteiger partial charge is 0.293 e. The first kappa shape index (κ1) is 23.1. The number of thioether (sulfide) groups is 1. The van der Waals surface area contributed by atoms with Crippen molar-refractivity contribution in [3.63, 3.8) is 0 Å². The number of halogens is 2. The topological polar surface area (TPSA) is 46.6 Å². The zero-order valence-corrected chi connectivity index (χ0v) is 20.0. The number of nitrogens with zero attached hydrogens (tertiary/aromatic N) is 1. The maximum Gasteiger partial charge on any atom is 0.293 e. The van der Waals surface area contributed by atoms with Gasteiger partial charge in [0.15, 0.2) is 0 Å². The molecule has 7 heteroatoms. The van der Waals surface area contributed by atoms with E-state index < -0.39 is 17.0 Å². The van der Waals surface area contributed by atoms with Crippen LogP contribution < -0.4 is 4.74 Å². The quantitative estimate of drug-likeness (QED) is 0.256. The zero-order chi connectivity index (χ0) is 24.4. The Kier molecular flexibility index (Phi) is 6.57. The summed E-state index contributed by atoms with van der Waals surface area (Å²) in [7, 11) is 0. The molecule has 35 heavy (non-hydrogen) atoms. The van der Waals surface area contributed by atoms with Crippen LogP contribution in [0, 0.1) is 5.82 Å². The van der Waals surface area contributed by atoms with E-state index in [1.165, 1.54) is 22.9 Å². The molecule has 5 rings (SSSR count). The van der Waals surface area contributed by atoms with E-state index >= 15 is 0 Å². The molecule has 0 atom stereocenters. The number of imide groups is 1. The Labute approximate surface area is 211 Å². The van der Waals surface area contributed by atoms with E-state index in [-0.39, 0.29) is 11.6 Å². The van der Waals surface area contributed by atoms with Gasteiger partial charge in [0.2, 0.25) is 0 Å². The first-order chi connectivity index (χ1) is 17.0.